The number of pyridine rings is 1. The second kappa shape index (κ2) is 8.68. The van der Waals surface area contributed by atoms with Gasteiger partial charge in [-0.2, -0.15) is 5.26 Å². The Labute approximate surface area is 170 Å². The highest BCUT2D eigenvalue weighted by Gasteiger charge is 2.28. The first-order chi connectivity index (χ1) is 13.7. The Kier molecular flexibility index (Phi) is 6.04. The monoisotopic (exact) mass is 401 g/mol. The number of anilines is 1. The molecule has 0 unspecified atom stereocenters. The lowest BCUT2D eigenvalue weighted by molar-refractivity contribution is -0.132. The van der Waals surface area contributed by atoms with E-state index in [1.807, 2.05) is 4.90 Å². The number of morpholine rings is 1. The first kappa shape index (κ1) is 19.5. The molecule has 2 fully saturated rings. The number of likely N-dealkylation sites (N-methyl/N-ethyl adjacent to an activating group) is 1. The Hall–Kier alpha value is -1.82. The van der Waals surface area contributed by atoms with Gasteiger partial charge in [-0.15, -0.1) is 0 Å². The van der Waals surface area contributed by atoms with Crippen molar-refractivity contribution in [3.8, 4) is 6.07 Å². The molecule has 8 heteroatoms. The van der Waals surface area contributed by atoms with Gasteiger partial charge >= 0.3 is 0 Å². The van der Waals surface area contributed by atoms with E-state index in [9.17, 15) is 10.1 Å². The number of fused-ring (bicyclic) bond motifs is 1. The summed E-state index contributed by atoms with van der Waals surface area (Å²) in [5.41, 5.74) is 3.01. The van der Waals surface area contributed by atoms with Gasteiger partial charge in [0.05, 0.1) is 24.5 Å². The number of thioether (sulfide) groups is 1. The number of carbonyl (C=O) groups excluding carboxylic acids is 1. The van der Waals surface area contributed by atoms with E-state index in [4.69, 9.17) is 9.72 Å². The van der Waals surface area contributed by atoms with E-state index in [0.29, 0.717) is 42.6 Å². The third kappa shape index (κ3) is 3.97. The summed E-state index contributed by atoms with van der Waals surface area (Å²) >= 11 is 1.41. The van der Waals surface area contributed by atoms with Crippen LogP contribution >= 0.6 is 11.8 Å². The summed E-state index contributed by atoms with van der Waals surface area (Å²) in [6.07, 6.45) is 3.23. The van der Waals surface area contributed by atoms with Crippen molar-refractivity contribution in [2.24, 2.45) is 0 Å². The highest BCUT2D eigenvalue weighted by atomic mass is 32.2. The number of nitriles is 1. The van der Waals surface area contributed by atoms with Gasteiger partial charge in [-0.05, 0) is 31.9 Å². The highest BCUT2D eigenvalue weighted by molar-refractivity contribution is 8.00. The number of nitrogens with zero attached hydrogens (tertiary/aromatic N) is 5. The predicted molar refractivity (Wildman–Crippen MR) is 109 cm³/mol. The van der Waals surface area contributed by atoms with Gasteiger partial charge in [0, 0.05) is 44.8 Å². The number of ether oxygens (including phenoxy) is 1. The Balaban J connectivity index is 1.61. The van der Waals surface area contributed by atoms with Gasteiger partial charge in [-0.25, -0.2) is 4.98 Å². The molecule has 150 valence electrons. The van der Waals surface area contributed by atoms with Gasteiger partial charge in [0.25, 0.3) is 0 Å². The molecule has 0 radical (unpaired) electrons. The summed E-state index contributed by atoms with van der Waals surface area (Å²) in [5, 5.41) is 10.6. The van der Waals surface area contributed by atoms with Gasteiger partial charge in [-0.1, -0.05) is 11.8 Å². The molecule has 4 rings (SSSR count). The molecule has 1 aromatic heterocycles. The van der Waals surface area contributed by atoms with Gasteiger partial charge in [-0.3, -0.25) is 4.79 Å². The van der Waals surface area contributed by atoms with Crippen LogP contribution in [0, 0.1) is 11.3 Å². The van der Waals surface area contributed by atoms with E-state index in [1.54, 1.807) is 0 Å². The predicted octanol–water partition coefficient (Wildman–Crippen LogP) is 1.49. The SMILES string of the molecule is CN1CCc2c(C#N)c(SCC(=O)N3CCOCC3)nc(N3CCCC3)c2C1. The van der Waals surface area contributed by atoms with E-state index >= 15 is 0 Å². The molecule has 0 spiro atoms. The third-order valence-electron chi connectivity index (χ3n) is 5.74. The topological polar surface area (TPSA) is 72.7 Å². The summed E-state index contributed by atoms with van der Waals surface area (Å²) in [7, 11) is 2.12. The molecule has 0 bridgehead atoms. The maximum atomic E-state index is 12.6. The fourth-order valence-electron chi connectivity index (χ4n) is 4.17. The molecule has 0 atom stereocenters. The molecule has 3 aliphatic rings. The number of hydrogen-bond acceptors (Lipinski definition) is 7. The van der Waals surface area contributed by atoms with Gasteiger partial charge in [0.15, 0.2) is 0 Å². The second-order valence-corrected chi connectivity index (χ2v) is 8.61. The number of hydrogen-bond donors (Lipinski definition) is 0. The maximum Gasteiger partial charge on any atom is 0.233 e. The van der Waals surface area contributed by atoms with Crippen LogP contribution in [0.2, 0.25) is 0 Å². The molecule has 4 heterocycles. The number of rotatable bonds is 4. The molecule has 7 nitrogen and oxygen atoms in total. The standard InChI is InChI=1S/C20H27N5O2S/c1-23-7-4-15-16(12-21)20(28-14-18(26)24-8-10-27-11-9-24)22-19(17(15)13-23)25-5-2-3-6-25/h2-11,13-14H2,1H3. The minimum Gasteiger partial charge on any atom is -0.378 e. The lowest BCUT2D eigenvalue weighted by Gasteiger charge is -2.31. The quantitative estimate of drug-likeness (QED) is 0.708. The van der Waals surface area contributed by atoms with Crippen molar-refractivity contribution in [3.63, 3.8) is 0 Å². The van der Waals surface area contributed by atoms with Crippen LogP contribution in [0.25, 0.3) is 0 Å². The Morgan fingerprint density at radius 3 is 2.64 bits per heavy atom. The molecule has 1 aromatic rings. The first-order valence-corrected chi connectivity index (χ1v) is 11.0. The second-order valence-electron chi connectivity index (χ2n) is 7.65. The van der Waals surface area contributed by atoms with E-state index in [1.165, 1.54) is 30.2 Å². The summed E-state index contributed by atoms with van der Waals surface area (Å²) in [4.78, 5) is 24.0. The smallest absolute Gasteiger partial charge is 0.233 e. The number of carbonyl (C=O) groups is 1. The zero-order chi connectivity index (χ0) is 19.5. The van der Waals surface area contributed by atoms with Gasteiger partial charge in [0.1, 0.15) is 16.9 Å². The minimum absolute atomic E-state index is 0.0965. The normalized spacial score (nSPS) is 20.1. The van der Waals surface area contributed by atoms with Crippen molar-refractivity contribution in [3.05, 3.63) is 16.7 Å². The van der Waals surface area contributed by atoms with E-state index in [0.717, 1.165) is 44.0 Å². The average molecular weight is 402 g/mol. The minimum atomic E-state index is 0.0965. The van der Waals surface area contributed by atoms with Crippen molar-refractivity contribution < 1.29 is 9.53 Å². The van der Waals surface area contributed by atoms with Gasteiger partial charge in [0.2, 0.25) is 5.91 Å². The lowest BCUT2D eigenvalue weighted by atomic mass is 9.96. The molecule has 0 aliphatic carbocycles. The van der Waals surface area contributed by atoms with Crippen LogP contribution in [0.5, 0.6) is 0 Å². The largest absolute Gasteiger partial charge is 0.378 e. The zero-order valence-corrected chi connectivity index (χ0v) is 17.3. The summed E-state index contributed by atoms with van der Waals surface area (Å²) in [5.74, 6) is 1.44. The molecule has 0 N–H and O–H groups in total. The van der Waals surface area contributed by atoms with Crippen LogP contribution in [-0.4, -0.2) is 79.4 Å². The molecule has 0 aromatic carbocycles. The van der Waals surface area contributed by atoms with Crippen molar-refractivity contribution >= 4 is 23.5 Å². The molecular formula is C20H27N5O2S. The maximum absolute atomic E-state index is 12.6. The summed E-state index contributed by atoms with van der Waals surface area (Å²) in [6, 6.07) is 2.39. The molecular weight excluding hydrogens is 374 g/mol. The molecule has 1 amide bonds. The van der Waals surface area contributed by atoms with Crippen LogP contribution in [0.15, 0.2) is 5.03 Å². The van der Waals surface area contributed by atoms with Crippen LogP contribution in [-0.2, 0) is 22.5 Å². The summed E-state index contributed by atoms with van der Waals surface area (Å²) < 4.78 is 5.33. The fourth-order valence-corrected chi connectivity index (χ4v) is 5.08. The van der Waals surface area contributed by atoms with E-state index in [2.05, 4.69) is 22.9 Å². The van der Waals surface area contributed by atoms with Crippen LogP contribution < -0.4 is 4.90 Å². The van der Waals surface area contributed by atoms with Gasteiger partial charge < -0.3 is 19.4 Å². The molecule has 28 heavy (non-hydrogen) atoms. The first-order valence-electron chi connectivity index (χ1n) is 10.0. The number of aromatic nitrogens is 1. The molecule has 2 saturated heterocycles. The fraction of sp³-hybridized carbons (Fsp3) is 0.650. The van der Waals surface area contributed by atoms with Crippen molar-refractivity contribution in [2.75, 3.05) is 63.6 Å². The molecule has 3 aliphatic heterocycles. The van der Waals surface area contributed by atoms with Crippen LogP contribution in [0.3, 0.4) is 0 Å². The Morgan fingerprint density at radius 1 is 1.18 bits per heavy atom. The summed E-state index contributed by atoms with van der Waals surface area (Å²) in [6.45, 7) is 6.31. The van der Waals surface area contributed by atoms with Crippen LogP contribution in [0.1, 0.15) is 29.5 Å². The zero-order valence-electron chi connectivity index (χ0n) is 16.4. The number of amides is 1. The van der Waals surface area contributed by atoms with Crippen molar-refractivity contribution in [2.45, 2.75) is 30.8 Å². The third-order valence-corrected chi connectivity index (χ3v) is 6.70. The highest BCUT2D eigenvalue weighted by Crippen LogP contribution is 2.36. The van der Waals surface area contributed by atoms with E-state index in [-0.39, 0.29) is 5.91 Å². The van der Waals surface area contributed by atoms with Crippen molar-refractivity contribution in [1.82, 2.24) is 14.8 Å². The van der Waals surface area contributed by atoms with E-state index < -0.39 is 0 Å². The lowest BCUT2D eigenvalue weighted by Crippen LogP contribution is -2.41. The molecule has 0 saturated carbocycles. The Bertz CT molecular complexity index is 782. The van der Waals surface area contributed by atoms with Crippen molar-refractivity contribution in [1.29, 1.82) is 5.26 Å². The average Bonchev–Trinajstić information content (AvgIpc) is 3.26. The Morgan fingerprint density at radius 2 is 1.93 bits per heavy atom. The van der Waals surface area contributed by atoms with Crippen LogP contribution in [0.4, 0.5) is 5.82 Å².